The number of hydrogen-bond acceptors (Lipinski definition) is 5. The summed E-state index contributed by atoms with van der Waals surface area (Å²) in [5.74, 6) is -0.228. The van der Waals surface area contributed by atoms with E-state index in [0.29, 0.717) is 21.5 Å². The first-order chi connectivity index (χ1) is 14.9. The molecule has 0 bridgehead atoms. The zero-order valence-corrected chi connectivity index (χ0v) is 18.8. The number of carbonyl (C=O) groups excluding carboxylic acids is 2. The van der Waals surface area contributed by atoms with Gasteiger partial charge < -0.3 is 10.1 Å². The number of amides is 2. The molecule has 0 aliphatic rings. The number of nitrogens with one attached hydrogen (secondary N) is 2. The Balaban J connectivity index is 1.52. The van der Waals surface area contributed by atoms with E-state index in [0.717, 1.165) is 5.56 Å². The van der Waals surface area contributed by atoms with Crippen molar-refractivity contribution < 1.29 is 14.3 Å². The first-order valence-corrected chi connectivity index (χ1v) is 10.3. The number of halogens is 2. The SMILES string of the molecule is Cc1ccc(NC(=O)COc2ccc(C=NNC(=O)c3cccnc3Cl)cc2Br)cc1. The standard InChI is InChI=1S/C22H18BrClN4O3/c1-14-4-7-16(8-5-14)27-20(29)13-31-19-9-6-15(11-18(19)23)12-26-28-22(30)17-3-2-10-25-21(17)24/h2-12H,13H2,1H3,(H,27,29)(H,28,30). The molecule has 0 saturated carbocycles. The summed E-state index contributed by atoms with van der Waals surface area (Å²) in [4.78, 5) is 28.0. The van der Waals surface area contributed by atoms with Gasteiger partial charge in [-0.2, -0.15) is 5.10 Å². The average Bonchev–Trinajstić information content (AvgIpc) is 2.75. The minimum atomic E-state index is -0.465. The van der Waals surface area contributed by atoms with Crippen molar-refractivity contribution in [1.29, 1.82) is 0 Å². The van der Waals surface area contributed by atoms with Crippen LogP contribution in [0.2, 0.25) is 5.15 Å². The molecule has 0 radical (unpaired) electrons. The zero-order valence-electron chi connectivity index (χ0n) is 16.4. The molecule has 158 valence electrons. The van der Waals surface area contributed by atoms with Crippen LogP contribution >= 0.6 is 27.5 Å². The summed E-state index contributed by atoms with van der Waals surface area (Å²) >= 11 is 9.29. The highest BCUT2D eigenvalue weighted by Crippen LogP contribution is 2.25. The molecule has 2 aromatic carbocycles. The van der Waals surface area contributed by atoms with Gasteiger partial charge in [0.1, 0.15) is 10.9 Å². The van der Waals surface area contributed by atoms with Gasteiger partial charge in [0, 0.05) is 11.9 Å². The van der Waals surface area contributed by atoms with Crippen molar-refractivity contribution in [2.75, 3.05) is 11.9 Å². The lowest BCUT2D eigenvalue weighted by Crippen LogP contribution is -2.20. The fraction of sp³-hybridized carbons (Fsp3) is 0.0909. The van der Waals surface area contributed by atoms with Crippen molar-refractivity contribution in [1.82, 2.24) is 10.4 Å². The predicted octanol–water partition coefficient (Wildman–Crippen LogP) is 4.59. The van der Waals surface area contributed by atoms with Crippen LogP contribution in [0.25, 0.3) is 0 Å². The van der Waals surface area contributed by atoms with E-state index in [1.807, 2.05) is 31.2 Å². The van der Waals surface area contributed by atoms with Crippen LogP contribution in [0.15, 0.2) is 70.4 Å². The Bertz CT molecular complexity index is 1120. The van der Waals surface area contributed by atoms with Crippen LogP contribution in [0.4, 0.5) is 5.69 Å². The number of benzene rings is 2. The molecule has 7 nitrogen and oxygen atoms in total. The fourth-order valence-electron chi connectivity index (χ4n) is 2.47. The van der Waals surface area contributed by atoms with Gasteiger partial charge in [0.15, 0.2) is 6.61 Å². The molecule has 0 atom stereocenters. The van der Waals surface area contributed by atoms with Crippen molar-refractivity contribution >= 4 is 51.2 Å². The number of aromatic nitrogens is 1. The van der Waals surface area contributed by atoms with Crippen LogP contribution < -0.4 is 15.5 Å². The van der Waals surface area contributed by atoms with E-state index in [9.17, 15) is 9.59 Å². The van der Waals surface area contributed by atoms with Gasteiger partial charge in [-0.3, -0.25) is 9.59 Å². The number of aryl methyl sites for hydroxylation is 1. The van der Waals surface area contributed by atoms with E-state index in [-0.39, 0.29) is 23.2 Å². The van der Waals surface area contributed by atoms with Crippen LogP contribution in [0.3, 0.4) is 0 Å². The van der Waals surface area contributed by atoms with Crippen molar-refractivity contribution in [3.63, 3.8) is 0 Å². The summed E-state index contributed by atoms with van der Waals surface area (Å²) in [5, 5.41) is 6.79. The molecule has 3 aromatic rings. The number of nitrogens with zero attached hydrogens (tertiary/aromatic N) is 2. The summed E-state index contributed by atoms with van der Waals surface area (Å²) in [6.07, 6.45) is 2.97. The third kappa shape index (κ3) is 6.63. The van der Waals surface area contributed by atoms with E-state index in [4.69, 9.17) is 16.3 Å². The topological polar surface area (TPSA) is 92.7 Å². The minimum absolute atomic E-state index is 0.103. The molecule has 31 heavy (non-hydrogen) atoms. The second kappa shape index (κ2) is 10.7. The van der Waals surface area contributed by atoms with Gasteiger partial charge >= 0.3 is 0 Å². The highest BCUT2D eigenvalue weighted by Gasteiger charge is 2.10. The van der Waals surface area contributed by atoms with Gasteiger partial charge in [-0.1, -0.05) is 29.3 Å². The smallest absolute Gasteiger partial charge is 0.274 e. The monoisotopic (exact) mass is 500 g/mol. The molecular weight excluding hydrogens is 484 g/mol. The lowest BCUT2D eigenvalue weighted by atomic mass is 10.2. The molecule has 2 amide bonds. The molecule has 9 heteroatoms. The van der Waals surface area contributed by atoms with E-state index < -0.39 is 5.91 Å². The number of ether oxygens (including phenoxy) is 1. The van der Waals surface area contributed by atoms with Gasteiger partial charge in [-0.05, 0) is 70.9 Å². The van der Waals surface area contributed by atoms with Gasteiger partial charge in [0.05, 0.1) is 16.3 Å². The number of hydrogen-bond donors (Lipinski definition) is 2. The molecule has 0 spiro atoms. The third-order valence-corrected chi connectivity index (χ3v) is 4.95. The largest absolute Gasteiger partial charge is 0.483 e. The molecule has 0 aliphatic heterocycles. The maximum atomic E-state index is 12.1. The minimum Gasteiger partial charge on any atom is -0.483 e. The Hall–Kier alpha value is -3.23. The predicted molar refractivity (Wildman–Crippen MR) is 124 cm³/mol. The summed E-state index contributed by atoms with van der Waals surface area (Å²) in [6, 6.07) is 15.9. The lowest BCUT2D eigenvalue weighted by Gasteiger charge is -2.09. The first kappa shape index (κ1) is 22.5. The molecule has 0 unspecified atom stereocenters. The maximum Gasteiger partial charge on any atom is 0.274 e. The van der Waals surface area contributed by atoms with Crippen molar-refractivity contribution in [2.24, 2.45) is 5.10 Å². The number of carbonyl (C=O) groups is 2. The van der Waals surface area contributed by atoms with Crippen LogP contribution in [-0.4, -0.2) is 29.6 Å². The molecule has 0 saturated heterocycles. The van der Waals surface area contributed by atoms with E-state index in [2.05, 4.69) is 36.8 Å². The zero-order chi connectivity index (χ0) is 22.2. The van der Waals surface area contributed by atoms with Crippen molar-refractivity contribution in [3.8, 4) is 5.75 Å². The highest BCUT2D eigenvalue weighted by atomic mass is 79.9. The lowest BCUT2D eigenvalue weighted by molar-refractivity contribution is -0.118. The molecule has 1 aromatic heterocycles. The summed E-state index contributed by atoms with van der Waals surface area (Å²) < 4.78 is 6.21. The van der Waals surface area contributed by atoms with Crippen LogP contribution in [-0.2, 0) is 4.79 Å². The summed E-state index contributed by atoms with van der Waals surface area (Å²) in [7, 11) is 0. The van der Waals surface area contributed by atoms with E-state index in [1.54, 1.807) is 30.3 Å². The Morgan fingerprint density at radius 2 is 1.97 bits per heavy atom. The Labute approximate surface area is 192 Å². The molecule has 1 heterocycles. The van der Waals surface area contributed by atoms with Gasteiger partial charge in [0.2, 0.25) is 0 Å². The number of pyridine rings is 1. The Morgan fingerprint density at radius 1 is 1.19 bits per heavy atom. The van der Waals surface area contributed by atoms with Gasteiger partial charge in [-0.25, -0.2) is 10.4 Å². The average molecular weight is 502 g/mol. The maximum absolute atomic E-state index is 12.1. The van der Waals surface area contributed by atoms with Gasteiger partial charge in [-0.15, -0.1) is 0 Å². The molecule has 3 rings (SSSR count). The molecule has 0 aliphatic carbocycles. The van der Waals surface area contributed by atoms with E-state index >= 15 is 0 Å². The molecule has 0 fully saturated rings. The molecule has 2 N–H and O–H groups in total. The van der Waals surface area contributed by atoms with Crippen LogP contribution in [0.1, 0.15) is 21.5 Å². The fourth-order valence-corrected chi connectivity index (χ4v) is 3.19. The van der Waals surface area contributed by atoms with Gasteiger partial charge in [0.25, 0.3) is 11.8 Å². The summed E-state index contributed by atoms with van der Waals surface area (Å²) in [5.41, 5.74) is 5.16. The number of anilines is 1. The number of hydrazone groups is 1. The van der Waals surface area contributed by atoms with Crippen LogP contribution in [0.5, 0.6) is 5.75 Å². The second-order valence-corrected chi connectivity index (χ2v) is 7.65. The third-order valence-electron chi connectivity index (χ3n) is 4.03. The second-order valence-electron chi connectivity index (χ2n) is 6.43. The Kier molecular flexibility index (Phi) is 7.75. The Morgan fingerprint density at radius 3 is 2.68 bits per heavy atom. The first-order valence-electron chi connectivity index (χ1n) is 9.15. The number of rotatable bonds is 7. The van der Waals surface area contributed by atoms with Crippen molar-refractivity contribution in [2.45, 2.75) is 6.92 Å². The summed E-state index contributed by atoms with van der Waals surface area (Å²) in [6.45, 7) is 1.84. The highest BCUT2D eigenvalue weighted by molar-refractivity contribution is 9.10. The quantitative estimate of drug-likeness (QED) is 0.281. The van der Waals surface area contributed by atoms with Crippen LogP contribution in [0, 0.1) is 6.92 Å². The van der Waals surface area contributed by atoms with E-state index in [1.165, 1.54) is 12.4 Å². The molecular formula is C22H18BrClN4O3. The normalized spacial score (nSPS) is 10.7. The van der Waals surface area contributed by atoms with Crippen molar-refractivity contribution in [3.05, 3.63) is 87.1 Å².